The molecule has 0 spiro atoms. The van der Waals surface area contributed by atoms with Crippen LogP contribution in [0.1, 0.15) is 52.9 Å². The minimum absolute atomic E-state index is 0.737. The highest BCUT2D eigenvalue weighted by Crippen LogP contribution is 2.37. The van der Waals surface area contributed by atoms with Crippen molar-refractivity contribution >= 4 is 34.0 Å². The van der Waals surface area contributed by atoms with E-state index in [1.807, 2.05) is 30.3 Å². The third-order valence-electron chi connectivity index (χ3n) is 5.43. The van der Waals surface area contributed by atoms with E-state index in [1.54, 1.807) is 11.8 Å². The van der Waals surface area contributed by atoms with Gasteiger partial charge in [-0.3, -0.25) is 0 Å². The number of anilines is 2. The number of aromatic nitrogens is 1. The van der Waals surface area contributed by atoms with Gasteiger partial charge in [-0.1, -0.05) is 81.3 Å². The van der Waals surface area contributed by atoms with Crippen LogP contribution >= 0.6 is 11.8 Å². The molecule has 0 amide bonds. The molecule has 4 heteroatoms. The van der Waals surface area contributed by atoms with Crippen LogP contribution in [0.25, 0.3) is 10.8 Å². The van der Waals surface area contributed by atoms with Crippen molar-refractivity contribution in [1.82, 2.24) is 4.98 Å². The molecule has 0 unspecified atom stereocenters. The zero-order valence-electron chi connectivity index (χ0n) is 19.5. The standard InChI is InChI=1S/C23H23N3S.C5H12/c1-15(17-7-8-17)13-16(2)25-23-21-6-4-3-5-18(21)14-22(26-23)27-20-11-9-19(24)10-12-20;1-3-5-4-2/h3-6,9-14,17H,2,7-8,24H2,1H3,(H,25,26);3-5H2,1-2H3/b15-13+;. The average molecular weight is 446 g/mol. The lowest BCUT2D eigenvalue weighted by Gasteiger charge is -2.12. The predicted molar refractivity (Wildman–Crippen MR) is 141 cm³/mol. The summed E-state index contributed by atoms with van der Waals surface area (Å²) in [7, 11) is 0. The zero-order valence-corrected chi connectivity index (χ0v) is 20.3. The van der Waals surface area contributed by atoms with Gasteiger partial charge in [-0.2, -0.15) is 0 Å². The molecule has 2 aromatic carbocycles. The number of fused-ring (bicyclic) bond motifs is 1. The van der Waals surface area contributed by atoms with E-state index in [0.717, 1.165) is 43.8 Å². The number of pyridine rings is 1. The number of nitrogens with two attached hydrogens (primary N) is 1. The van der Waals surface area contributed by atoms with Gasteiger partial charge in [-0.25, -0.2) is 4.98 Å². The smallest absolute Gasteiger partial charge is 0.139 e. The summed E-state index contributed by atoms with van der Waals surface area (Å²) in [5, 5.41) is 6.61. The van der Waals surface area contributed by atoms with Gasteiger partial charge in [0.2, 0.25) is 0 Å². The van der Waals surface area contributed by atoms with E-state index in [9.17, 15) is 0 Å². The van der Waals surface area contributed by atoms with Crippen molar-refractivity contribution in [2.24, 2.45) is 5.92 Å². The van der Waals surface area contributed by atoms with Gasteiger partial charge in [0.1, 0.15) is 10.8 Å². The number of benzene rings is 2. The molecule has 1 fully saturated rings. The molecule has 3 N–H and O–H groups in total. The first-order chi connectivity index (χ1) is 15.5. The number of hydrogen-bond donors (Lipinski definition) is 2. The van der Waals surface area contributed by atoms with Crippen LogP contribution in [0.15, 0.2) is 88.4 Å². The highest BCUT2D eigenvalue weighted by atomic mass is 32.2. The summed E-state index contributed by atoms with van der Waals surface area (Å²) in [6.07, 6.45) is 8.82. The molecule has 1 aromatic heterocycles. The lowest BCUT2D eigenvalue weighted by Crippen LogP contribution is -2.01. The van der Waals surface area contributed by atoms with E-state index in [4.69, 9.17) is 10.7 Å². The lowest BCUT2D eigenvalue weighted by atomic mass is 10.1. The summed E-state index contributed by atoms with van der Waals surface area (Å²) in [5.74, 6) is 1.58. The Kier molecular flexibility index (Phi) is 8.81. The monoisotopic (exact) mass is 445 g/mol. The van der Waals surface area contributed by atoms with Crippen LogP contribution in [0.2, 0.25) is 0 Å². The molecule has 1 saturated carbocycles. The van der Waals surface area contributed by atoms with Gasteiger partial charge < -0.3 is 11.1 Å². The quantitative estimate of drug-likeness (QED) is 0.270. The van der Waals surface area contributed by atoms with Crippen LogP contribution in [-0.4, -0.2) is 4.98 Å². The fourth-order valence-electron chi connectivity index (χ4n) is 3.45. The van der Waals surface area contributed by atoms with Crippen molar-refractivity contribution < 1.29 is 0 Å². The number of nitrogens with one attached hydrogen (secondary N) is 1. The first-order valence-corrected chi connectivity index (χ1v) is 12.4. The van der Waals surface area contributed by atoms with Crippen molar-refractivity contribution in [2.45, 2.75) is 62.8 Å². The van der Waals surface area contributed by atoms with Crippen LogP contribution < -0.4 is 11.1 Å². The Labute approximate surface area is 197 Å². The van der Waals surface area contributed by atoms with E-state index in [-0.39, 0.29) is 0 Å². The Bertz CT molecular complexity index is 1060. The van der Waals surface area contributed by atoms with E-state index in [2.05, 4.69) is 63.0 Å². The summed E-state index contributed by atoms with van der Waals surface area (Å²) in [4.78, 5) is 5.97. The molecule has 4 rings (SSSR count). The van der Waals surface area contributed by atoms with E-state index < -0.39 is 0 Å². The van der Waals surface area contributed by atoms with Gasteiger partial charge in [0.25, 0.3) is 0 Å². The number of hydrogen-bond acceptors (Lipinski definition) is 4. The molecule has 168 valence electrons. The minimum Gasteiger partial charge on any atom is -0.399 e. The van der Waals surface area contributed by atoms with Crippen LogP contribution in [0.4, 0.5) is 11.5 Å². The first kappa shape index (κ1) is 23.9. The number of nitrogens with zero attached hydrogens (tertiary/aromatic N) is 1. The lowest BCUT2D eigenvalue weighted by molar-refractivity contribution is 0.772. The Morgan fingerprint density at radius 2 is 1.81 bits per heavy atom. The molecule has 3 nitrogen and oxygen atoms in total. The number of rotatable bonds is 8. The molecule has 0 saturated heterocycles. The van der Waals surface area contributed by atoms with E-state index in [0.29, 0.717) is 0 Å². The Morgan fingerprint density at radius 1 is 1.12 bits per heavy atom. The van der Waals surface area contributed by atoms with Gasteiger partial charge in [0, 0.05) is 21.7 Å². The Balaban J connectivity index is 0.000000523. The molecule has 1 heterocycles. The second kappa shape index (κ2) is 11.8. The van der Waals surface area contributed by atoms with Gasteiger partial charge in [0.05, 0.1) is 0 Å². The normalized spacial score (nSPS) is 13.4. The fraction of sp³-hybridized carbons (Fsp3) is 0.321. The summed E-state index contributed by atoms with van der Waals surface area (Å²) in [6.45, 7) is 10.8. The number of allylic oxidation sites excluding steroid dienone is 2. The van der Waals surface area contributed by atoms with Crippen molar-refractivity contribution in [1.29, 1.82) is 0 Å². The Hall–Kier alpha value is -2.72. The molecular weight excluding hydrogens is 410 g/mol. The van der Waals surface area contributed by atoms with Gasteiger partial charge >= 0.3 is 0 Å². The van der Waals surface area contributed by atoms with Gasteiger partial charge in [-0.05, 0) is 67.5 Å². The molecule has 0 aliphatic heterocycles. The average Bonchev–Trinajstić information content (AvgIpc) is 3.62. The first-order valence-electron chi connectivity index (χ1n) is 11.6. The molecule has 1 aliphatic carbocycles. The van der Waals surface area contributed by atoms with Crippen LogP contribution in [0, 0.1) is 5.92 Å². The molecular formula is C28H35N3S. The predicted octanol–water partition coefficient (Wildman–Crippen LogP) is 8.45. The van der Waals surface area contributed by atoms with Crippen molar-refractivity contribution in [3.05, 3.63) is 78.5 Å². The summed E-state index contributed by atoms with van der Waals surface area (Å²) in [6, 6.07) is 18.3. The highest BCUT2D eigenvalue weighted by Gasteiger charge is 2.22. The van der Waals surface area contributed by atoms with Crippen molar-refractivity contribution in [2.75, 3.05) is 11.1 Å². The summed E-state index contributed by atoms with van der Waals surface area (Å²) < 4.78 is 0. The second-order valence-electron chi connectivity index (χ2n) is 8.37. The maximum Gasteiger partial charge on any atom is 0.139 e. The topological polar surface area (TPSA) is 50.9 Å². The minimum atomic E-state index is 0.737. The SMILES string of the molecule is C=C(/C=C(\C)C1CC1)Nc1nc(Sc2ccc(N)cc2)cc2ccccc12.CCCCC. The number of nitrogen functional groups attached to an aromatic ring is 1. The number of unbranched alkanes of at least 4 members (excludes halogenated alkanes) is 2. The maximum atomic E-state index is 5.79. The van der Waals surface area contributed by atoms with Gasteiger partial charge in [0.15, 0.2) is 0 Å². The summed E-state index contributed by atoms with van der Waals surface area (Å²) in [5.41, 5.74) is 8.83. The van der Waals surface area contributed by atoms with E-state index >= 15 is 0 Å². The molecule has 3 aromatic rings. The molecule has 0 bridgehead atoms. The maximum absolute atomic E-state index is 5.79. The third-order valence-corrected chi connectivity index (χ3v) is 6.35. The summed E-state index contributed by atoms with van der Waals surface area (Å²) >= 11 is 1.63. The fourth-order valence-corrected chi connectivity index (χ4v) is 4.29. The Morgan fingerprint density at radius 3 is 2.44 bits per heavy atom. The second-order valence-corrected chi connectivity index (χ2v) is 9.46. The molecule has 0 atom stereocenters. The van der Waals surface area contributed by atoms with E-state index in [1.165, 1.54) is 37.7 Å². The van der Waals surface area contributed by atoms with Crippen molar-refractivity contribution in [3.8, 4) is 0 Å². The molecule has 0 radical (unpaired) electrons. The molecule has 1 aliphatic rings. The van der Waals surface area contributed by atoms with Gasteiger partial charge in [-0.15, -0.1) is 0 Å². The highest BCUT2D eigenvalue weighted by molar-refractivity contribution is 7.99. The van der Waals surface area contributed by atoms with Crippen molar-refractivity contribution in [3.63, 3.8) is 0 Å². The van der Waals surface area contributed by atoms with Crippen LogP contribution in [0.5, 0.6) is 0 Å². The molecule has 32 heavy (non-hydrogen) atoms. The van der Waals surface area contributed by atoms with Crippen LogP contribution in [0.3, 0.4) is 0 Å². The zero-order chi connectivity index (χ0) is 22.9. The van der Waals surface area contributed by atoms with Crippen LogP contribution in [-0.2, 0) is 0 Å². The largest absolute Gasteiger partial charge is 0.399 e. The third kappa shape index (κ3) is 7.16.